The average molecular weight is 338 g/mol. The first-order valence-corrected chi connectivity index (χ1v) is 8.72. The van der Waals surface area contributed by atoms with Gasteiger partial charge >= 0.3 is 6.03 Å². The second-order valence-electron chi connectivity index (χ2n) is 6.73. The lowest BCUT2D eigenvalue weighted by molar-refractivity contribution is -0.124. The Morgan fingerprint density at radius 2 is 1.83 bits per heavy atom. The molecule has 136 valence electrons. The normalized spacial score (nSPS) is 18.4. The Kier molecular flexibility index (Phi) is 8.55. The molecular formula is C17H30N4O3. The molecule has 0 aromatic heterocycles. The van der Waals surface area contributed by atoms with Gasteiger partial charge < -0.3 is 20.3 Å². The monoisotopic (exact) mass is 338 g/mol. The quantitative estimate of drug-likeness (QED) is 0.735. The highest BCUT2D eigenvalue weighted by molar-refractivity contribution is 5.87. The van der Waals surface area contributed by atoms with E-state index < -0.39 is 12.1 Å². The SMILES string of the molecule is CC[C@H](C)[C@@H](C#N)NC(=O)[C@H](CC(C)C)NC(=O)N1CCOCC1. The molecule has 0 aromatic carbocycles. The third-order valence-electron chi connectivity index (χ3n) is 4.27. The minimum Gasteiger partial charge on any atom is -0.378 e. The van der Waals surface area contributed by atoms with Crippen molar-refractivity contribution < 1.29 is 14.3 Å². The summed E-state index contributed by atoms with van der Waals surface area (Å²) in [5.74, 6) is 0.0145. The van der Waals surface area contributed by atoms with Gasteiger partial charge in [0.2, 0.25) is 5.91 Å². The van der Waals surface area contributed by atoms with Crippen LogP contribution in [0, 0.1) is 23.2 Å². The van der Waals surface area contributed by atoms with E-state index in [4.69, 9.17) is 4.74 Å². The van der Waals surface area contributed by atoms with Crippen LogP contribution in [-0.2, 0) is 9.53 Å². The Balaban J connectivity index is 2.70. The van der Waals surface area contributed by atoms with E-state index in [2.05, 4.69) is 16.7 Å². The minimum atomic E-state index is -0.639. The Morgan fingerprint density at radius 3 is 2.33 bits per heavy atom. The number of morpholine rings is 1. The number of hydrogen-bond acceptors (Lipinski definition) is 4. The minimum absolute atomic E-state index is 0.0635. The van der Waals surface area contributed by atoms with Gasteiger partial charge in [0.05, 0.1) is 19.3 Å². The topological polar surface area (TPSA) is 94.5 Å². The smallest absolute Gasteiger partial charge is 0.318 e. The van der Waals surface area contributed by atoms with Crippen molar-refractivity contribution in [2.24, 2.45) is 11.8 Å². The van der Waals surface area contributed by atoms with Gasteiger partial charge in [-0.3, -0.25) is 4.79 Å². The molecule has 3 amide bonds. The molecule has 0 saturated carbocycles. The van der Waals surface area contributed by atoms with Crippen molar-refractivity contribution in [3.8, 4) is 6.07 Å². The Morgan fingerprint density at radius 1 is 1.21 bits per heavy atom. The van der Waals surface area contributed by atoms with Crippen LogP contribution >= 0.6 is 0 Å². The number of ether oxygens (including phenoxy) is 1. The lowest BCUT2D eigenvalue weighted by atomic mass is 9.98. The van der Waals surface area contributed by atoms with Gasteiger partial charge in [0.15, 0.2) is 0 Å². The molecule has 2 N–H and O–H groups in total. The molecule has 0 bridgehead atoms. The Hall–Kier alpha value is -1.81. The molecule has 1 heterocycles. The van der Waals surface area contributed by atoms with E-state index in [1.165, 1.54) is 0 Å². The Bertz CT molecular complexity index is 455. The second kappa shape index (κ2) is 10.1. The Labute approximate surface area is 144 Å². The van der Waals surface area contributed by atoms with Crippen LogP contribution in [0.25, 0.3) is 0 Å². The van der Waals surface area contributed by atoms with E-state index >= 15 is 0 Å². The molecule has 7 heteroatoms. The second-order valence-corrected chi connectivity index (χ2v) is 6.73. The van der Waals surface area contributed by atoms with E-state index in [0.717, 1.165) is 6.42 Å². The standard InChI is InChI=1S/C17H30N4O3/c1-5-13(4)15(11-18)19-16(22)14(10-12(2)3)20-17(23)21-6-8-24-9-7-21/h12-15H,5-10H2,1-4H3,(H,19,22)(H,20,23)/t13-,14-,15+/m0/s1. The van der Waals surface area contributed by atoms with Crippen LogP contribution in [0.4, 0.5) is 4.79 Å². The van der Waals surface area contributed by atoms with E-state index in [9.17, 15) is 14.9 Å². The van der Waals surface area contributed by atoms with Crippen molar-refractivity contribution in [2.75, 3.05) is 26.3 Å². The third kappa shape index (κ3) is 6.36. The first kappa shape index (κ1) is 20.2. The first-order valence-electron chi connectivity index (χ1n) is 8.72. The van der Waals surface area contributed by atoms with Gasteiger partial charge in [-0.25, -0.2) is 4.79 Å². The van der Waals surface area contributed by atoms with Crippen LogP contribution in [-0.4, -0.2) is 55.2 Å². The molecule has 24 heavy (non-hydrogen) atoms. The summed E-state index contributed by atoms with van der Waals surface area (Å²) in [5, 5.41) is 14.8. The number of nitrogens with zero attached hydrogens (tertiary/aromatic N) is 2. The zero-order valence-corrected chi connectivity index (χ0v) is 15.2. The van der Waals surface area contributed by atoms with Crippen LogP contribution in [0.3, 0.4) is 0 Å². The fraction of sp³-hybridized carbons (Fsp3) is 0.824. The molecule has 0 aromatic rings. The largest absolute Gasteiger partial charge is 0.378 e. The first-order chi connectivity index (χ1) is 11.4. The van der Waals surface area contributed by atoms with E-state index in [1.807, 2.05) is 27.7 Å². The molecule has 0 unspecified atom stereocenters. The fourth-order valence-electron chi connectivity index (χ4n) is 2.50. The average Bonchev–Trinajstić information content (AvgIpc) is 2.58. The maximum Gasteiger partial charge on any atom is 0.318 e. The maximum atomic E-state index is 12.6. The maximum absolute atomic E-state index is 12.6. The van der Waals surface area contributed by atoms with Crippen LogP contribution in [0.5, 0.6) is 0 Å². The van der Waals surface area contributed by atoms with Crippen molar-refractivity contribution in [2.45, 2.75) is 52.6 Å². The number of amides is 3. The summed E-state index contributed by atoms with van der Waals surface area (Å²) >= 11 is 0. The lowest BCUT2D eigenvalue weighted by Gasteiger charge is -2.30. The van der Waals surface area contributed by atoms with Crippen LogP contribution in [0.2, 0.25) is 0 Å². The number of carbonyl (C=O) groups excluding carboxylic acids is 2. The van der Waals surface area contributed by atoms with Crippen LogP contribution < -0.4 is 10.6 Å². The predicted octanol–water partition coefficient (Wildman–Crippen LogP) is 1.50. The molecular weight excluding hydrogens is 308 g/mol. The molecule has 0 aliphatic carbocycles. The lowest BCUT2D eigenvalue weighted by Crippen LogP contribution is -2.55. The number of hydrogen-bond donors (Lipinski definition) is 2. The zero-order valence-electron chi connectivity index (χ0n) is 15.2. The van der Waals surface area contributed by atoms with Gasteiger partial charge in [-0.15, -0.1) is 0 Å². The van der Waals surface area contributed by atoms with Gasteiger partial charge in [-0.1, -0.05) is 34.1 Å². The van der Waals surface area contributed by atoms with Crippen LogP contribution in [0.15, 0.2) is 0 Å². The molecule has 3 atom stereocenters. The summed E-state index contributed by atoms with van der Waals surface area (Å²) in [4.78, 5) is 26.6. The predicted molar refractivity (Wildman–Crippen MR) is 91.2 cm³/mol. The summed E-state index contributed by atoms with van der Waals surface area (Å²) < 4.78 is 5.24. The molecule has 1 saturated heterocycles. The fourth-order valence-corrected chi connectivity index (χ4v) is 2.50. The summed E-state index contributed by atoms with van der Waals surface area (Å²) in [5.41, 5.74) is 0. The van der Waals surface area contributed by atoms with Crippen molar-refractivity contribution in [3.05, 3.63) is 0 Å². The molecule has 0 spiro atoms. The van der Waals surface area contributed by atoms with Crippen molar-refractivity contribution in [3.63, 3.8) is 0 Å². The summed E-state index contributed by atoms with van der Waals surface area (Å²) in [6, 6.07) is 0.701. The summed E-state index contributed by atoms with van der Waals surface area (Å²) in [6.07, 6.45) is 1.33. The summed E-state index contributed by atoms with van der Waals surface area (Å²) in [7, 11) is 0. The number of rotatable bonds is 7. The highest BCUT2D eigenvalue weighted by atomic mass is 16.5. The van der Waals surface area contributed by atoms with Crippen molar-refractivity contribution >= 4 is 11.9 Å². The van der Waals surface area contributed by atoms with Gasteiger partial charge in [0, 0.05) is 13.1 Å². The number of urea groups is 1. The molecule has 0 radical (unpaired) electrons. The molecule has 1 fully saturated rings. The number of nitriles is 1. The molecule has 7 nitrogen and oxygen atoms in total. The van der Waals surface area contributed by atoms with Gasteiger partial charge in [0.25, 0.3) is 0 Å². The van der Waals surface area contributed by atoms with Crippen molar-refractivity contribution in [1.29, 1.82) is 5.26 Å². The number of nitrogens with one attached hydrogen (secondary N) is 2. The van der Waals surface area contributed by atoms with E-state index in [0.29, 0.717) is 32.7 Å². The zero-order chi connectivity index (χ0) is 18.1. The summed E-state index contributed by atoms with van der Waals surface area (Å²) in [6.45, 7) is 9.98. The van der Waals surface area contributed by atoms with Gasteiger partial charge in [0.1, 0.15) is 12.1 Å². The van der Waals surface area contributed by atoms with Gasteiger partial charge in [-0.2, -0.15) is 5.26 Å². The van der Waals surface area contributed by atoms with E-state index in [1.54, 1.807) is 4.90 Å². The molecule has 1 aliphatic rings. The van der Waals surface area contributed by atoms with Crippen molar-refractivity contribution in [1.82, 2.24) is 15.5 Å². The number of carbonyl (C=O) groups is 2. The highest BCUT2D eigenvalue weighted by Crippen LogP contribution is 2.10. The molecule has 1 aliphatic heterocycles. The highest BCUT2D eigenvalue weighted by Gasteiger charge is 2.28. The van der Waals surface area contributed by atoms with E-state index in [-0.39, 0.29) is 23.8 Å². The molecule has 1 rings (SSSR count). The van der Waals surface area contributed by atoms with Crippen LogP contribution in [0.1, 0.15) is 40.5 Å². The third-order valence-corrected chi connectivity index (χ3v) is 4.27. The van der Waals surface area contributed by atoms with Gasteiger partial charge in [-0.05, 0) is 18.3 Å².